The Hall–Kier alpha value is -1.19. The summed E-state index contributed by atoms with van der Waals surface area (Å²) in [6, 6.07) is 0. The maximum Gasteiger partial charge on any atom is 0.313 e. The van der Waals surface area contributed by atoms with E-state index in [1.807, 2.05) is 0 Å². The van der Waals surface area contributed by atoms with Gasteiger partial charge in [0.1, 0.15) is 18.0 Å². The summed E-state index contributed by atoms with van der Waals surface area (Å²) in [5.41, 5.74) is 0. The molecule has 0 radical (unpaired) electrons. The summed E-state index contributed by atoms with van der Waals surface area (Å²) >= 11 is 0. The van der Waals surface area contributed by atoms with Crippen molar-refractivity contribution in [2.75, 3.05) is 6.61 Å². The second-order valence-electron chi connectivity index (χ2n) is 3.85. The van der Waals surface area contributed by atoms with Gasteiger partial charge in [-0.2, -0.15) is 0 Å². The highest BCUT2D eigenvalue weighted by Gasteiger charge is 2.07. The van der Waals surface area contributed by atoms with Crippen LogP contribution in [0, 0.1) is 0 Å². The molecule has 16 heavy (non-hydrogen) atoms. The van der Waals surface area contributed by atoms with Crippen molar-refractivity contribution in [3.05, 3.63) is 0 Å². The zero-order chi connectivity index (χ0) is 12.4. The number of esters is 1. The standard InChI is InChI=1S/C12H20O4/c1-3-4-5-6-11(14)7-8-16-12(15)9-10(2)13/h3-9H2,1-2H3. The predicted molar refractivity (Wildman–Crippen MR) is 60.0 cm³/mol. The van der Waals surface area contributed by atoms with Gasteiger partial charge in [-0.15, -0.1) is 0 Å². The Balaban J connectivity index is 3.46. The summed E-state index contributed by atoms with van der Waals surface area (Å²) in [6.07, 6.45) is 3.64. The number of ketones is 2. The van der Waals surface area contributed by atoms with Crippen LogP contribution >= 0.6 is 0 Å². The van der Waals surface area contributed by atoms with Gasteiger partial charge in [-0.1, -0.05) is 19.8 Å². The highest BCUT2D eigenvalue weighted by molar-refractivity contribution is 5.94. The van der Waals surface area contributed by atoms with E-state index in [1.165, 1.54) is 6.92 Å². The molecule has 0 atom stereocenters. The molecule has 0 aromatic carbocycles. The second-order valence-corrected chi connectivity index (χ2v) is 3.85. The van der Waals surface area contributed by atoms with E-state index in [2.05, 4.69) is 6.92 Å². The quantitative estimate of drug-likeness (QED) is 0.344. The molecule has 4 nitrogen and oxygen atoms in total. The number of hydrogen-bond acceptors (Lipinski definition) is 4. The number of unbranched alkanes of at least 4 members (excludes halogenated alkanes) is 2. The smallest absolute Gasteiger partial charge is 0.313 e. The monoisotopic (exact) mass is 228 g/mol. The average Bonchev–Trinajstić information content (AvgIpc) is 2.17. The van der Waals surface area contributed by atoms with Crippen LogP contribution in [0.3, 0.4) is 0 Å². The lowest BCUT2D eigenvalue weighted by Crippen LogP contribution is -2.12. The van der Waals surface area contributed by atoms with Crippen LogP contribution in [0.4, 0.5) is 0 Å². The van der Waals surface area contributed by atoms with Gasteiger partial charge in [0.2, 0.25) is 0 Å². The number of rotatable bonds is 9. The van der Waals surface area contributed by atoms with Crippen molar-refractivity contribution in [2.45, 2.75) is 52.4 Å². The molecule has 0 rings (SSSR count). The Labute approximate surface area is 96.4 Å². The van der Waals surface area contributed by atoms with Gasteiger partial charge >= 0.3 is 5.97 Å². The van der Waals surface area contributed by atoms with Crippen molar-refractivity contribution in [3.63, 3.8) is 0 Å². The summed E-state index contributed by atoms with van der Waals surface area (Å²) in [7, 11) is 0. The van der Waals surface area contributed by atoms with Gasteiger partial charge in [0, 0.05) is 12.8 Å². The molecule has 0 fully saturated rings. The van der Waals surface area contributed by atoms with Crippen LogP contribution in [0.5, 0.6) is 0 Å². The highest BCUT2D eigenvalue weighted by atomic mass is 16.5. The van der Waals surface area contributed by atoms with Crippen LogP contribution in [0.25, 0.3) is 0 Å². The van der Waals surface area contributed by atoms with Crippen molar-refractivity contribution in [1.82, 2.24) is 0 Å². The van der Waals surface area contributed by atoms with E-state index in [-0.39, 0.29) is 31.0 Å². The average molecular weight is 228 g/mol. The predicted octanol–water partition coefficient (Wildman–Crippen LogP) is 2.05. The Kier molecular flexibility index (Phi) is 8.39. The van der Waals surface area contributed by atoms with Crippen molar-refractivity contribution in [3.8, 4) is 0 Å². The molecule has 0 N–H and O–H groups in total. The lowest BCUT2D eigenvalue weighted by molar-refractivity contribution is -0.146. The molecule has 0 aromatic rings. The Bertz CT molecular complexity index is 245. The zero-order valence-electron chi connectivity index (χ0n) is 10.1. The molecule has 0 aliphatic rings. The molecular formula is C12H20O4. The second kappa shape index (κ2) is 9.07. The first-order chi connectivity index (χ1) is 7.56. The zero-order valence-corrected chi connectivity index (χ0v) is 10.1. The molecule has 0 heterocycles. The highest BCUT2D eigenvalue weighted by Crippen LogP contribution is 2.02. The Morgan fingerprint density at radius 2 is 1.75 bits per heavy atom. The van der Waals surface area contributed by atoms with Gasteiger partial charge in [-0.25, -0.2) is 0 Å². The Morgan fingerprint density at radius 1 is 1.06 bits per heavy atom. The summed E-state index contributed by atoms with van der Waals surface area (Å²) in [5.74, 6) is -0.655. The molecule has 0 bridgehead atoms. The Morgan fingerprint density at radius 3 is 2.31 bits per heavy atom. The number of hydrogen-bond donors (Lipinski definition) is 0. The van der Waals surface area contributed by atoms with Gasteiger partial charge in [0.15, 0.2) is 0 Å². The normalized spacial score (nSPS) is 9.88. The van der Waals surface area contributed by atoms with Crippen LogP contribution in [0.15, 0.2) is 0 Å². The van der Waals surface area contributed by atoms with Gasteiger partial charge < -0.3 is 4.74 Å². The lowest BCUT2D eigenvalue weighted by Gasteiger charge is -2.03. The fourth-order valence-corrected chi connectivity index (χ4v) is 1.23. The van der Waals surface area contributed by atoms with Gasteiger partial charge in [0.05, 0.1) is 6.61 Å². The molecule has 0 saturated carbocycles. The lowest BCUT2D eigenvalue weighted by atomic mass is 10.1. The third kappa shape index (κ3) is 9.37. The molecule has 0 aliphatic heterocycles. The number of carbonyl (C=O) groups is 3. The third-order valence-electron chi connectivity index (χ3n) is 2.10. The largest absolute Gasteiger partial charge is 0.465 e. The maximum atomic E-state index is 11.3. The fourth-order valence-electron chi connectivity index (χ4n) is 1.23. The van der Waals surface area contributed by atoms with Gasteiger partial charge in [0.25, 0.3) is 0 Å². The molecule has 0 spiro atoms. The van der Waals surface area contributed by atoms with Crippen molar-refractivity contribution in [1.29, 1.82) is 0 Å². The number of Topliss-reactive ketones (excluding diaryl/α,β-unsaturated/α-hetero) is 2. The molecule has 0 unspecified atom stereocenters. The molecule has 92 valence electrons. The van der Waals surface area contributed by atoms with E-state index in [0.29, 0.717) is 6.42 Å². The van der Waals surface area contributed by atoms with E-state index in [4.69, 9.17) is 4.74 Å². The van der Waals surface area contributed by atoms with Crippen molar-refractivity contribution < 1.29 is 19.1 Å². The molecule has 0 amide bonds. The number of ether oxygens (including phenoxy) is 1. The minimum absolute atomic E-state index is 0.0943. The molecule has 4 heteroatoms. The summed E-state index contributed by atoms with van der Waals surface area (Å²) in [5, 5.41) is 0. The topological polar surface area (TPSA) is 60.4 Å². The van der Waals surface area contributed by atoms with Crippen LogP contribution in [-0.4, -0.2) is 24.1 Å². The van der Waals surface area contributed by atoms with Gasteiger partial charge in [-0.05, 0) is 13.3 Å². The molecule has 0 aromatic heterocycles. The van der Waals surface area contributed by atoms with E-state index in [1.54, 1.807) is 0 Å². The molecular weight excluding hydrogens is 208 g/mol. The minimum atomic E-state index is -0.547. The van der Waals surface area contributed by atoms with Crippen molar-refractivity contribution >= 4 is 17.5 Å². The van der Waals surface area contributed by atoms with E-state index in [0.717, 1.165) is 19.3 Å². The SMILES string of the molecule is CCCCCC(=O)CCOC(=O)CC(C)=O. The minimum Gasteiger partial charge on any atom is -0.465 e. The van der Waals surface area contributed by atoms with E-state index in [9.17, 15) is 14.4 Å². The van der Waals surface area contributed by atoms with E-state index >= 15 is 0 Å². The molecule has 0 aliphatic carbocycles. The van der Waals surface area contributed by atoms with E-state index < -0.39 is 5.97 Å². The maximum absolute atomic E-state index is 11.3. The first-order valence-corrected chi connectivity index (χ1v) is 5.73. The summed E-state index contributed by atoms with van der Waals surface area (Å²) in [6.45, 7) is 3.50. The number of carbonyl (C=O) groups excluding carboxylic acids is 3. The third-order valence-corrected chi connectivity index (χ3v) is 2.10. The van der Waals surface area contributed by atoms with Crippen LogP contribution < -0.4 is 0 Å². The first kappa shape index (κ1) is 14.8. The van der Waals surface area contributed by atoms with Crippen LogP contribution in [0.2, 0.25) is 0 Å². The summed E-state index contributed by atoms with van der Waals surface area (Å²) < 4.78 is 4.75. The van der Waals surface area contributed by atoms with Crippen LogP contribution in [0.1, 0.15) is 52.4 Å². The van der Waals surface area contributed by atoms with Crippen LogP contribution in [-0.2, 0) is 19.1 Å². The first-order valence-electron chi connectivity index (χ1n) is 5.73. The fraction of sp³-hybridized carbons (Fsp3) is 0.750. The molecule has 0 saturated heterocycles. The van der Waals surface area contributed by atoms with Crippen molar-refractivity contribution in [2.24, 2.45) is 0 Å². The van der Waals surface area contributed by atoms with Gasteiger partial charge in [-0.3, -0.25) is 14.4 Å². The summed E-state index contributed by atoms with van der Waals surface area (Å²) in [4.78, 5) is 32.8.